The first kappa shape index (κ1) is 13.3. The fourth-order valence-corrected chi connectivity index (χ4v) is 3.74. The van der Waals surface area contributed by atoms with E-state index in [1.165, 1.54) is 0 Å². The molecular formula is C15H14N4O2S. The number of hydrogen-bond donors (Lipinski definition) is 2. The van der Waals surface area contributed by atoms with E-state index >= 15 is 0 Å². The minimum absolute atomic E-state index is 0.0705. The molecule has 4 rings (SSSR count). The van der Waals surface area contributed by atoms with Crippen LogP contribution in [-0.2, 0) is 4.79 Å². The molecule has 0 saturated carbocycles. The highest BCUT2D eigenvalue weighted by atomic mass is 32.1. The summed E-state index contributed by atoms with van der Waals surface area (Å²) in [5.41, 5.74) is 2.47. The maximum Gasteiger partial charge on any atom is 0.254 e. The maximum absolute atomic E-state index is 12.7. The van der Waals surface area contributed by atoms with Gasteiger partial charge in [-0.25, -0.2) is 4.98 Å². The zero-order valence-corrected chi connectivity index (χ0v) is 12.6. The molecule has 1 unspecified atom stereocenters. The third kappa shape index (κ3) is 1.89. The van der Waals surface area contributed by atoms with Crippen molar-refractivity contribution in [2.75, 3.05) is 13.1 Å². The van der Waals surface area contributed by atoms with Crippen molar-refractivity contribution in [2.24, 2.45) is 0 Å². The summed E-state index contributed by atoms with van der Waals surface area (Å²) >= 11 is 1.55. The van der Waals surface area contributed by atoms with Crippen molar-refractivity contribution in [2.45, 2.75) is 12.0 Å². The van der Waals surface area contributed by atoms with Gasteiger partial charge in [-0.05, 0) is 24.6 Å². The first-order chi connectivity index (χ1) is 10.6. The number of carbonyl (C=O) groups is 2. The van der Waals surface area contributed by atoms with Crippen LogP contribution in [0.4, 0.5) is 0 Å². The zero-order valence-electron chi connectivity index (χ0n) is 11.8. The molecule has 1 aromatic carbocycles. The van der Waals surface area contributed by atoms with Gasteiger partial charge < -0.3 is 15.5 Å². The zero-order chi connectivity index (χ0) is 15.3. The molecule has 1 atom stereocenters. The smallest absolute Gasteiger partial charge is 0.254 e. The Morgan fingerprint density at radius 1 is 1.45 bits per heavy atom. The summed E-state index contributed by atoms with van der Waals surface area (Å²) in [7, 11) is 0. The highest BCUT2D eigenvalue weighted by Crippen LogP contribution is 2.28. The van der Waals surface area contributed by atoms with Crippen molar-refractivity contribution in [1.29, 1.82) is 0 Å². The molecule has 22 heavy (non-hydrogen) atoms. The number of carbonyl (C=O) groups excluding carboxylic acids is 2. The molecule has 2 N–H and O–H groups in total. The third-order valence-corrected chi connectivity index (χ3v) is 5.03. The summed E-state index contributed by atoms with van der Waals surface area (Å²) in [6, 6.07) is 5.53. The Morgan fingerprint density at radius 2 is 2.32 bits per heavy atom. The Hall–Kier alpha value is -2.41. The SMILES string of the molecule is C=C1NC(=O)C2(CCN(C(=O)c3ccc4scnc4c3)C2)N1. The molecule has 0 bridgehead atoms. The van der Waals surface area contributed by atoms with Crippen molar-refractivity contribution in [3.8, 4) is 0 Å². The van der Waals surface area contributed by atoms with Crippen molar-refractivity contribution < 1.29 is 9.59 Å². The molecule has 2 saturated heterocycles. The van der Waals surface area contributed by atoms with E-state index < -0.39 is 5.54 Å². The molecule has 2 aliphatic heterocycles. The number of fused-ring (bicyclic) bond motifs is 1. The lowest BCUT2D eigenvalue weighted by Gasteiger charge is -2.21. The molecule has 1 aromatic heterocycles. The topological polar surface area (TPSA) is 74.3 Å². The van der Waals surface area contributed by atoms with Gasteiger partial charge in [-0.2, -0.15) is 0 Å². The van der Waals surface area contributed by atoms with E-state index in [0.29, 0.717) is 30.9 Å². The summed E-state index contributed by atoms with van der Waals surface area (Å²) in [6.45, 7) is 4.62. The molecule has 1 spiro atoms. The molecule has 2 amide bonds. The highest BCUT2D eigenvalue weighted by Gasteiger charge is 2.49. The number of aromatic nitrogens is 1. The number of nitrogens with zero attached hydrogens (tertiary/aromatic N) is 2. The number of rotatable bonds is 1. The van der Waals surface area contributed by atoms with Crippen LogP contribution >= 0.6 is 11.3 Å². The van der Waals surface area contributed by atoms with E-state index in [2.05, 4.69) is 22.2 Å². The second-order valence-corrected chi connectivity index (χ2v) is 6.54. The predicted octanol–water partition coefficient (Wildman–Crippen LogP) is 1.07. The minimum Gasteiger partial charge on any atom is -0.356 e. The van der Waals surface area contributed by atoms with Gasteiger partial charge in [0.1, 0.15) is 5.54 Å². The lowest BCUT2D eigenvalue weighted by Crippen LogP contribution is -2.49. The molecule has 2 aliphatic rings. The van der Waals surface area contributed by atoms with E-state index in [4.69, 9.17) is 0 Å². The number of thiazole rings is 1. The maximum atomic E-state index is 12.7. The standard InChI is InChI=1S/C15H14N4O2S/c1-9-17-14(21)15(18-9)4-5-19(7-15)13(20)10-2-3-12-11(6-10)16-8-22-12/h2-3,6,8,18H,1,4-5,7H2,(H,17,21). The quantitative estimate of drug-likeness (QED) is 0.826. The van der Waals surface area contributed by atoms with E-state index in [1.54, 1.807) is 27.8 Å². The fourth-order valence-electron chi connectivity index (χ4n) is 3.08. The largest absolute Gasteiger partial charge is 0.356 e. The first-order valence-corrected chi connectivity index (χ1v) is 7.86. The summed E-state index contributed by atoms with van der Waals surface area (Å²) in [5.74, 6) is 0.324. The Morgan fingerprint density at radius 3 is 3.09 bits per heavy atom. The first-order valence-electron chi connectivity index (χ1n) is 6.98. The molecule has 2 aromatic rings. The van der Waals surface area contributed by atoms with E-state index in [-0.39, 0.29) is 11.8 Å². The summed E-state index contributed by atoms with van der Waals surface area (Å²) in [4.78, 5) is 30.7. The van der Waals surface area contributed by atoms with Crippen molar-refractivity contribution in [3.05, 3.63) is 41.7 Å². The van der Waals surface area contributed by atoms with Gasteiger partial charge in [0.15, 0.2) is 0 Å². The van der Waals surface area contributed by atoms with Crippen molar-refractivity contribution >= 4 is 33.4 Å². The van der Waals surface area contributed by atoms with Crippen LogP contribution in [0.1, 0.15) is 16.8 Å². The van der Waals surface area contributed by atoms with Crippen LogP contribution < -0.4 is 10.6 Å². The van der Waals surface area contributed by atoms with Crippen LogP contribution in [0.3, 0.4) is 0 Å². The van der Waals surface area contributed by atoms with Gasteiger partial charge in [0, 0.05) is 12.1 Å². The van der Waals surface area contributed by atoms with Crippen LogP contribution in [0.2, 0.25) is 0 Å². The molecule has 2 fully saturated rings. The minimum atomic E-state index is -0.725. The van der Waals surface area contributed by atoms with E-state index in [0.717, 1.165) is 10.2 Å². The van der Waals surface area contributed by atoms with Gasteiger partial charge in [-0.3, -0.25) is 9.59 Å². The lowest BCUT2D eigenvalue weighted by molar-refractivity contribution is -0.123. The van der Waals surface area contributed by atoms with Gasteiger partial charge in [-0.15, -0.1) is 11.3 Å². The average molecular weight is 314 g/mol. The molecule has 0 aliphatic carbocycles. The second kappa shape index (κ2) is 4.54. The second-order valence-electron chi connectivity index (χ2n) is 5.65. The van der Waals surface area contributed by atoms with Crippen LogP contribution in [-0.4, -0.2) is 40.3 Å². The molecule has 7 heteroatoms. The Labute approximate surface area is 130 Å². The third-order valence-electron chi connectivity index (χ3n) is 4.22. The lowest BCUT2D eigenvalue weighted by atomic mass is 9.99. The van der Waals surface area contributed by atoms with Gasteiger partial charge in [0.25, 0.3) is 11.8 Å². The molecular weight excluding hydrogens is 300 g/mol. The number of amides is 2. The van der Waals surface area contributed by atoms with Gasteiger partial charge >= 0.3 is 0 Å². The number of nitrogens with one attached hydrogen (secondary N) is 2. The molecule has 6 nitrogen and oxygen atoms in total. The number of hydrogen-bond acceptors (Lipinski definition) is 5. The van der Waals surface area contributed by atoms with Crippen LogP contribution in [0, 0.1) is 0 Å². The fraction of sp³-hybridized carbons (Fsp3) is 0.267. The predicted molar refractivity (Wildman–Crippen MR) is 83.3 cm³/mol. The Bertz CT molecular complexity index is 815. The van der Waals surface area contributed by atoms with Crippen LogP contribution in [0.5, 0.6) is 0 Å². The van der Waals surface area contributed by atoms with E-state index in [1.807, 2.05) is 12.1 Å². The number of benzene rings is 1. The highest BCUT2D eigenvalue weighted by molar-refractivity contribution is 7.16. The van der Waals surface area contributed by atoms with Crippen molar-refractivity contribution in [3.63, 3.8) is 0 Å². The van der Waals surface area contributed by atoms with Gasteiger partial charge in [0.05, 0.1) is 28.1 Å². The summed E-state index contributed by atoms with van der Waals surface area (Å²) in [5, 5.41) is 5.76. The monoisotopic (exact) mass is 314 g/mol. The normalized spacial score (nSPS) is 24.1. The summed E-state index contributed by atoms with van der Waals surface area (Å²) < 4.78 is 1.06. The molecule has 0 radical (unpaired) electrons. The average Bonchev–Trinajstić information content (AvgIpc) is 3.18. The van der Waals surface area contributed by atoms with Gasteiger partial charge in [-0.1, -0.05) is 6.58 Å². The molecule has 3 heterocycles. The van der Waals surface area contributed by atoms with Gasteiger partial charge in [0.2, 0.25) is 0 Å². The number of likely N-dealkylation sites (tertiary alicyclic amines) is 1. The van der Waals surface area contributed by atoms with Crippen molar-refractivity contribution in [1.82, 2.24) is 20.5 Å². The summed E-state index contributed by atoms with van der Waals surface area (Å²) in [6.07, 6.45) is 0.586. The van der Waals surface area contributed by atoms with E-state index in [9.17, 15) is 9.59 Å². The molecule has 112 valence electrons. The van der Waals surface area contributed by atoms with Crippen LogP contribution in [0.25, 0.3) is 10.2 Å². The van der Waals surface area contributed by atoms with Crippen LogP contribution in [0.15, 0.2) is 36.1 Å². The Balaban J connectivity index is 1.59. The Kier molecular flexibility index (Phi) is 2.74.